The quantitative estimate of drug-likeness (QED) is 0.646. The predicted molar refractivity (Wildman–Crippen MR) is 64.0 cm³/mol. The average Bonchev–Trinajstić information content (AvgIpc) is 2.63. The van der Waals surface area contributed by atoms with Crippen LogP contribution in [0.15, 0.2) is 6.20 Å². The first-order valence-corrected chi connectivity index (χ1v) is 6.04. The van der Waals surface area contributed by atoms with Gasteiger partial charge in [0.25, 0.3) is 0 Å². The van der Waals surface area contributed by atoms with Crippen molar-refractivity contribution in [3.05, 3.63) is 17.5 Å². The van der Waals surface area contributed by atoms with Crippen LogP contribution in [0.5, 0.6) is 0 Å². The molecule has 0 aliphatic carbocycles. The fraction of sp³-hybridized carbons (Fsp3) is 0.750. The van der Waals surface area contributed by atoms with Crippen molar-refractivity contribution < 1.29 is 0 Å². The van der Waals surface area contributed by atoms with Gasteiger partial charge in [0.1, 0.15) is 0 Å². The standard InChI is InChI=1S/C12H23N3/c1-3-4-5-8-13-9-6-7-12-10-14-15-11(12)2/h10,13H,3-9H2,1-2H3,(H,14,15). The van der Waals surface area contributed by atoms with Gasteiger partial charge in [-0.3, -0.25) is 5.10 Å². The van der Waals surface area contributed by atoms with Gasteiger partial charge < -0.3 is 5.32 Å². The Balaban J connectivity index is 1.96. The molecule has 0 spiro atoms. The largest absolute Gasteiger partial charge is 0.317 e. The Hall–Kier alpha value is -0.830. The number of rotatable bonds is 8. The van der Waals surface area contributed by atoms with Gasteiger partial charge in [-0.05, 0) is 44.8 Å². The van der Waals surface area contributed by atoms with Crippen LogP contribution in [0, 0.1) is 6.92 Å². The summed E-state index contributed by atoms with van der Waals surface area (Å²) in [6, 6.07) is 0. The van der Waals surface area contributed by atoms with E-state index in [0.29, 0.717) is 0 Å². The van der Waals surface area contributed by atoms with E-state index in [1.54, 1.807) is 0 Å². The maximum atomic E-state index is 4.02. The van der Waals surface area contributed by atoms with Gasteiger partial charge in [0, 0.05) is 5.69 Å². The lowest BCUT2D eigenvalue weighted by Gasteiger charge is -2.03. The van der Waals surface area contributed by atoms with Crippen LogP contribution in [-0.2, 0) is 6.42 Å². The molecule has 0 bridgehead atoms. The molecule has 0 aliphatic heterocycles. The Kier molecular flexibility index (Phi) is 6.09. The van der Waals surface area contributed by atoms with Crippen molar-refractivity contribution in [2.24, 2.45) is 0 Å². The third-order valence-corrected chi connectivity index (χ3v) is 2.69. The highest BCUT2D eigenvalue weighted by molar-refractivity contribution is 5.14. The summed E-state index contributed by atoms with van der Waals surface area (Å²) in [5.41, 5.74) is 2.56. The Bertz CT molecular complexity index is 255. The zero-order valence-corrected chi connectivity index (χ0v) is 9.97. The molecule has 0 amide bonds. The first-order valence-electron chi connectivity index (χ1n) is 6.04. The molecule has 2 N–H and O–H groups in total. The van der Waals surface area contributed by atoms with E-state index in [2.05, 4.69) is 29.4 Å². The second-order valence-corrected chi connectivity index (χ2v) is 4.08. The van der Waals surface area contributed by atoms with E-state index in [-0.39, 0.29) is 0 Å². The summed E-state index contributed by atoms with van der Waals surface area (Å²) in [6.45, 7) is 6.60. The van der Waals surface area contributed by atoms with Crippen molar-refractivity contribution in [3.8, 4) is 0 Å². The lowest BCUT2D eigenvalue weighted by molar-refractivity contribution is 0.599. The van der Waals surface area contributed by atoms with Gasteiger partial charge >= 0.3 is 0 Å². The van der Waals surface area contributed by atoms with Crippen LogP contribution in [-0.4, -0.2) is 23.3 Å². The maximum absolute atomic E-state index is 4.02. The summed E-state index contributed by atoms with van der Waals surface area (Å²) in [6.07, 6.45) is 8.22. The van der Waals surface area contributed by atoms with E-state index in [1.165, 1.54) is 36.9 Å². The second kappa shape index (κ2) is 7.46. The topological polar surface area (TPSA) is 40.7 Å². The summed E-state index contributed by atoms with van der Waals surface area (Å²) in [5.74, 6) is 0. The molecule has 0 unspecified atom stereocenters. The van der Waals surface area contributed by atoms with Crippen molar-refractivity contribution in [2.45, 2.75) is 46.0 Å². The van der Waals surface area contributed by atoms with Crippen molar-refractivity contribution >= 4 is 0 Å². The smallest absolute Gasteiger partial charge is 0.0522 e. The van der Waals surface area contributed by atoms with Crippen LogP contribution in [0.4, 0.5) is 0 Å². The first kappa shape index (κ1) is 12.2. The minimum absolute atomic E-state index is 1.12. The van der Waals surface area contributed by atoms with E-state index >= 15 is 0 Å². The number of aromatic nitrogens is 2. The molecule has 0 aliphatic rings. The molecule has 15 heavy (non-hydrogen) atoms. The van der Waals surface area contributed by atoms with Crippen LogP contribution in [0.3, 0.4) is 0 Å². The minimum atomic E-state index is 1.12. The van der Waals surface area contributed by atoms with Gasteiger partial charge in [0.2, 0.25) is 0 Å². The third kappa shape index (κ3) is 4.98. The van der Waals surface area contributed by atoms with Crippen molar-refractivity contribution in [2.75, 3.05) is 13.1 Å². The van der Waals surface area contributed by atoms with Gasteiger partial charge in [-0.25, -0.2) is 0 Å². The van der Waals surface area contributed by atoms with Crippen LogP contribution < -0.4 is 5.32 Å². The predicted octanol–water partition coefficient (Wildman–Crippen LogP) is 2.43. The first-order chi connectivity index (χ1) is 7.34. The molecule has 1 rings (SSSR count). The van der Waals surface area contributed by atoms with E-state index < -0.39 is 0 Å². The van der Waals surface area contributed by atoms with Crippen LogP contribution in [0.25, 0.3) is 0 Å². The molecule has 3 heteroatoms. The monoisotopic (exact) mass is 209 g/mol. The molecular formula is C12H23N3. The number of H-pyrrole nitrogens is 1. The fourth-order valence-electron chi connectivity index (χ4n) is 1.66. The maximum Gasteiger partial charge on any atom is 0.0522 e. The highest BCUT2D eigenvalue weighted by Gasteiger charge is 1.98. The molecule has 0 saturated heterocycles. The number of aryl methyl sites for hydroxylation is 2. The van der Waals surface area contributed by atoms with Crippen molar-refractivity contribution in [1.82, 2.24) is 15.5 Å². The number of nitrogens with zero attached hydrogens (tertiary/aromatic N) is 1. The van der Waals surface area contributed by atoms with Gasteiger partial charge in [-0.2, -0.15) is 5.10 Å². The fourth-order valence-corrected chi connectivity index (χ4v) is 1.66. The normalized spacial score (nSPS) is 10.8. The second-order valence-electron chi connectivity index (χ2n) is 4.08. The lowest BCUT2D eigenvalue weighted by Crippen LogP contribution is -2.17. The molecule has 0 fully saturated rings. The zero-order valence-electron chi connectivity index (χ0n) is 9.97. The SMILES string of the molecule is CCCCCNCCCc1cn[nH]c1C. The number of aromatic amines is 1. The molecule has 1 heterocycles. The van der Waals surface area contributed by atoms with Crippen molar-refractivity contribution in [1.29, 1.82) is 0 Å². The molecule has 1 aromatic rings. The van der Waals surface area contributed by atoms with E-state index in [0.717, 1.165) is 19.5 Å². The van der Waals surface area contributed by atoms with Gasteiger partial charge in [-0.15, -0.1) is 0 Å². The Labute approximate surface area is 92.7 Å². The van der Waals surface area contributed by atoms with E-state index in [1.807, 2.05) is 6.20 Å². The molecule has 86 valence electrons. The summed E-state index contributed by atoms with van der Waals surface area (Å²) in [4.78, 5) is 0. The van der Waals surface area contributed by atoms with E-state index in [4.69, 9.17) is 0 Å². The summed E-state index contributed by atoms with van der Waals surface area (Å²) in [5, 5.41) is 10.5. The Morgan fingerprint density at radius 3 is 2.73 bits per heavy atom. The highest BCUT2D eigenvalue weighted by atomic mass is 15.1. The lowest BCUT2D eigenvalue weighted by atomic mass is 10.1. The molecule has 0 atom stereocenters. The van der Waals surface area contributed by atoms with Gasteiger partial charge in [0.05, 0.1) is 6.20 Å². The van der Waals surface area contributed by atoms with Crippen LogP contribution in [0.1, 0.15) is 43.9 Å². The highest BCUT2D eigenvalue weighted by Crippen LogP contribution is 2.04. The number of unbranched alkanes of at least 4 members (excludes halogenated alkanes) is 2. The Morgan fingerprint density at radius 2 is 2.07 bits per heavy atom. The molecular weight excluding hydrogens is 186 g/mol. The average molecular weight is 209 g/mol. The molecule has 3 nitrogen and oxygen atoms in total. The van der Waals surface area contributed by atoms with Crippen LogP contribution >= 0.6 is 0 Å². The summed E-state index contributed by atoms with van der Waals surface area (Å²) < 4.78 is 0. The molecule has 0 radical (unpaired) electrons. The zero-order chi connectivity index (χ0) is 10.9. The van der Waals surface area contributed by atoms with Gasteiger partial charge in [-0.1, -0.05) is 19.8 Å². The Morgan fingerprint density at radius 1 is 1.27 bits per heavy atom. The number of hydrogen-bond acceptors (Lipinski definition) is 2. The number of hydrogen-bond donors (Lipinski definition) is 2. The summed E-state index contributed by atoms with van der Waals surface area (Å²) in [7, 11) is 0. The van der Waals surface area contributed by atoms with E-state index in [9.17, 15) is 0 Å². The third-order valence-electron chi connectivity index (χ3n) is 2.69. The van der Waals surface area contributed by atoms with Crippen molar-refractivity contribution in [3.63, 3.8) is 0 Å². The molecule has 1 aromatic heterocycles. The van der Waals surface area contributed by atoms with Crippen LogP contribution in [0.2, 0.25) is 0 Å². The molecule has 0 aromatic carbocycles. The minimum Gasteiger partial charge on any atom is -0.317 e. The van der Waals surface area contributed by atoms with Gasteiger partial charge in [0.15, 0.2) is 0 Å². The number of nitrogens with one attached hydrogen (secondary N) is 2. The molecule has 0 saturated carbocycles. The summed E-state index contributed by atoms with van der Waals surface area (Å²) >= 11 is 0.